The zero-order valence-corrected chi connectivity index (χ0v) is 9.56. The molecule has 0 saturated heterocycles. The molecule has 1 aromatic heterocycles. The molecule has 0 aliphatic rings. The molecule has 0 bridgehead atoms. The van der Waals surface area contributed by atoms with E-state index < -0.39 is 0 Å². The van der Waals surface area contributed by atoms with Gasteiger partial charge in [0.15, 0.2) is 0 Å². The molecule has 0 aliphatic heterocycles. The lowest BCUT2D eigenvalue weighted by Crippen LogP contribution is -1.97. The molecular weight excluding hydrogens is 224 g/mol. The summed E-state index contributed by atoms with van der Waals surface area (Å²) in [5, 5.41) is 13.6. The van der Waals surface area contributed by atoms with Gasteiger partial charge in [0.1, 0.15) is 0 Å². The van der Waals surface area contributed by atoms with E-state index in [1.165, 1.54) is 0 Å². The minimum atomic E-state index is 0.207. The van der Waals surface area contributed by atoms with Crippen LogP contribution in [0.15, 0.2) is 36.7 Å². The van der Waals surface area contributed by atoms with Gasteiger partial charge in [0.2, 0.25) is 0 Å². The summed E-state index contributed by atoms with van der Waals surface area (Å²) in [6.45, 7) is 0.207. The van der Waals surface area contributed by atoms with Crippen LogP contribution in [0.1, 0.15) is 12.0 Å². The van der Waals surface area contributed by atoms with Gasteiger partial charge in [0, 0.05) is 19.0 Å². The van der Waals surface area contributed by atoms with Crippen molar-refractivity contribution in [2.75, 3.05) is 6.61 Å². The van der Waals surface area contributed by atoms with Crippen LogP contribution in [-0.2, 0) is 6.42 Å². The van der Waals surface area contributed by atoms with Gasteiger partial charge in [-0.05, 0) is 36.6 Å². The molecule has 0 radical (unpaired) electrons. The predicted molar refractivity (Wildman–Crippen MR) is 64.0 cm³/mol. The van der Waals surface area contributed by atoms with Crippen molar-refractivity contribution in [1.82, 2.24) is 9.78 Å². The van der Waals surface area contributed by atoms with E-state index >= 15 is 0 Å². The highest BCUT2D eigenvalue weighted by Crippen LogP contribution is 2.21. The molecule has 0 saturated carbocycles. The lowest BCUT2D eigenvalue weighted by atomic mass is 10.1. The highest BCUT2D eigenvalue weighted by molar-refractivity contribution is 6.32. The van der Waals surface area contributed by atoms with Crippen molar-refractivity contribution in [3.05, 3.63) is 47.2 Å². The molecule has 84 valence electrons. The van der Waals surface area contributed by atoms with Gasteiger partial charge >= 0.3 is 0 Å². The Bertz CT molecular complexity index is 454. The average molecular weight is 237 g/mol. The van der Waals surface area contributed by atoms with Crippen molar-refractivity contribution in [1.29, 1.82) is 0 Å². The number of aryl methyl sites for hydroxylation is 1. The van der Waals surface area contributed by atoms with Crippen molar-refractivity contribution < 1.29 is 5.11 Å². The number of aliphatic hydroxyl groups excluding tert-OH is 1. The van der Waals surface area contributed by atoms with Gasteiger partial charge < -0.3 is 5.11 Å². The SMILES string of the molecule is OCCCc1ccc(-n2cccn2)c(Cl)c1. The second kappa shape index (κ2) is 5.14. The largest absolute Gasteiger partial charge is 0.396 e. The Hall–Kier alpha value is -1.32. The summed E-state index contributed by atoms with van der Waals surface area (Å²) in [6, 6.07) is 7.74. The number of benzene rings is 1. The molecule has 0 unspecified atom stereocenters. The number of rotatable bonds is 4. The summed E-state index contributed by atoms with van der Waals surface area (Å²) < 4.78 is 1.73. The number of aliphatic hydroxyl groups is 1. The molecule has 0 amide bonds. The smallest absolute Gasteiger partial charge is 0.0831 e. The molecule has 4 heteroatoms. The number of hydrogen-bond donors (Lipinski definition) is 1. The highest BCUT2D eigenvalue weighted by Gasteiger charge is 2.03. The third-order valence-electron chi connectivity index (χ3n) is 2.39. The topological polar surface area (TPSA) is 38.0 Å². The maximum Gasteiger partial charge on any atom is 0.0831 e. The summed E-state index contributed by atoms with van der Waals surface area (Å²) in [5.74, 6) is 0. The number of nitrogens with zero attached hydrogens (tertiary/aromatic N) is 2. The number of aromatic nitrogens is 2. The van der Waals surface area contributed by atoms with Gasteiger partial charge in [0.25, 0.3) is 0 Å². The van der Waals surface area contributed by atoms with Crippen LogP contribution in [0.5, 0.6) is 0 Å². The normalized spacial score (nSPS) is 10.6. The van der Waals surface area contributed by atoms with Crippen LogP contribution in [0.25, 0.3) is 5.69 Å². The maximum absolute atomic E-state index is 8.75. The fourth-order valence-corrected chi connectivity index (χ4v) is 1.88. The zero-order valence-electron chi connectivity index (χ0n) is 8.81. The Morgan fingerprint density at radius 2 is 2.25 bits per heavy atom. The van der Waals surface area contributed by atoms with E-state index in [2.05, 4.69) is 5.10 Å². The molecule has 1 aromatic carbocycles. The van der Waals surface area contributed by atoms with Gasteiger partial charge in [-0.25, -0.2) is 4.68 Å². The summed E-state index contributed by atoms with van der Waals surface area (Å²) >= 11 is 6.18. The van der Waals surface area contributed by atoms with Crippen LogP contribution in [0.2, 0.25) is 5.02 Å². The van der Waals surface area contributed by atoms with Gasteiger partial charge in [-0.1, -0.05) is 17.7 Å². The molecule has 0 atom stereocenters. The molecule has 0 spiro atoms. The fraction of sp³-hybridized carbons (Fsp3) is 0.250. The average Bonchev–Trinajstić information content (AvgIpc) is 2.80. The van der Waals surface area contributed by atoms with Gasteiger partial charge in [-0.3, -0.25) is 0 Å². The second-order valence-corrected chi connectivity index (χ2v) is 3.97. The Morgan fingerprint density at radius 3 is 2.88 bits per heavy atom. The third kappa shape index (κ3) is 2.43. The lowest BCUT2D eigenvalue weighted by molar-refractivity contribution is 0.288. The van der Waals surface area contributed by atoms with E-state index in [1.54, 1.807) is 10.9 Å². The summed E-state index contributed by atoms with van der Waals surface area (Å²) in [5.41, 5.74) is 2.01. The molecular formula is C12H13ClN2O. The first-order chi connectivity index (χ1) is 7.81. The minimum absolute atomic E-state index is 0.207. The summed E-state index contributed by atoms with van der Waals surface area (Å²) in [4.78, 5) is 0. The minimum Gasteiger partial charge on any atom is -0.396 e. The first-order valence-electron chi connectivity index (χ1n) is 5.20. The molecule has 0 aliphatic carbocycles. The quantitative estimate of drug-likeness (QED) is 0.886. The van der Waals surface area contributed by atoms with Crippen LogP contribution in [-0.4, -0.2) is 21.5 Å². The van der Waals surface area contributed by atoms with Gasteiger partial charge in [0.05, 0.1) is 10.7 Å². The van der Waals surface area contributed by atoms with E-state index in [4.69, 9.17) is 16.7 Å². The molecule has 1 N–H and O–H groups in total. The maximum atomic E-state index is 8.75. The van der Waals surface area contributed by atoms with E-state index in [-0.39, 0.29) is 6.61 Å². The van der Waals surface area contributed by atoms with Crippen LogP contribution < -0.4 is 0 Å². The van der Waals surface area contributed by atoms with Crippen molar-refractivity contribution in [3.8, 4) is 5.69 Å². The van der Waals surface area contributed by atoms with E-state index in [9.17, 15) is 0 Å². The molecule has 16 heavy (non-hydrogen) atoms. The Balaban J connectivity index is 2.23. The standard InChI is InChI=1S/C12H13ClN2O/c13-11-9-10(3-1-8-16)4-5-12(11)15-7-2-6-14-15/h2,4-7,9,16H,1,3,8H2. The van der Waals surface area contributed by atoms with Gasteiger partial charge in [-0.2, -0.15) is 5.10 Å². The Morgan fingerprint density at radius 1 is 1.38 bits per heavy atom. The molecule has 2 aromatic rings. The van der Waals surface area contributed by atoms with E-state index in [0.29, 0.717) is 5.02 Å². The van der Waals surface area contributed by atoms with Crippen molar-refractivity contribution in [2.24, 2.45) is 0 Å². The van der Waals surface area contributed by atoms with Crippen molar-refractivity contribution >= 4 is 11.6 Å². The second-order valence-electron chi connectivity index (χ2n) is 3.56. The van der Waals surface area contributed by atoms with Crippen LogP contribution >= 0.6 is 11.6 Å². The molecule has 1 heterocycles. The first-order valence-corrected chi connectivity index (χ1v) is 5.58. The Labute approximate surface area is 99.3 Å². The third-order valence-corrected chi connectivity index (χ3v) is 2.69. The lowest BCUT2D eigenvalue weighted by Gasteiger charge is -2.06. The van der Waals surface area contributed by atoms with E-state index in [0.717, 1.165) is 24.1 Å². The predicted octanol–water partition coefficient (Wildman–Crippen LogP) is 2.45. The highest BCUT2D eigenvalue weighted by atomic mass is 35.5. The Kier molecular flexibility index (Phi) is 3.59. The van der Waals surface area contributed by atoms with Crippen molar-refractivity contribution in [2.45, 2.75) is 12.8 Å². The summed E-state index contributed by atoms with van der Waals surface area (Å²) in [7, 11) is 0. The van der Waals surface area contributed by atoms with Gasteiger partial charge in [-0.15, -0.1) is 0 Å². The van der Waals surface area contributed by atoms with Crippen LogP contribution in [0.3, 0.4) is 0 Å². The number of halogens is 1. The van der Waals surface area contributed by atoms with Crippen LogP contribution in [0.4, 0.5) is 0 Å². The summed E-state index contributed by atoms with van der Waals surface area (Å²) in [6.07, 6.45) is 5.18. The molecule has 3 nitrogen and oxygen atoms in total. The fourth-order valence-electron chi connectivity index (χ4n) is 1.59. The first kappa shape index (κ1) is 11.2. The van der Waals surface area contributed by atoms with Crippen molar-refractivity contribution in [3.63, 3.8) is 0 Å². The van der Waals surface area contributed by atoms with E-state index in [1.807, 2.05) is 30.5 Å². The number of hydrogen-bond acceptors (Lipinski definition) is 2. The molecule has 0 fully saturated rings. The monoisotopic (exact) mass is 236 g/mol. The molecule has 2 rings (SSSR count). The zero-order chi connectivity index (χ0) is 11.4. The van der Waals surface area contributed by atoms with Crippen LogP contribution in [0, 0.1) is 0 Å².